The van der Waals surface area contributed by atoms with E-state index < -0.39 is 0 Å². The second-order valence-electron chi connectivity index (χ2n) is 2.82. The van der Waals surface area contributed by atoms with E-state index in [9.17, 15) is 0 Å². The molecule has 0 aromatic heterocycles. The van der Waals surface area contributed by atoms with E-state index in [2.05, 4.69) is 30.2 Å². The highest BCUT2D eigenvalue weighted by molar-refractivity contribution is 5.47. The third-order valence-corrected chi connectivity index (χ3v) is 1.75. The molecule has 0 bridgehead atoms. The van der Waals surface area contributed by atoms with Gasteiger partial charge in [0.1, 0.15) is 5.82 Å². The Balaban J connectivity index is 4.95. The summed E-state index contributed by atoms with van der Waals surface area (Å²) in [6, 6.07) is 0. The summed E-state index contributed by atoms with van der Waals surface area (Å²) in [5.74, 6) is 0.694. The number of hydrogen-bond donors (Lipinski definition) is 1. The van der Waals surface area contributed by atoms with Crippen molar-refractivity contribution in [2.24, 2.45) is 4.99 Å². The summed E-state index contributed by atoms with van der Waals surface area (Å²) in [6.07, 6.45) is 9.39. The lowest BCUT2D eigenvalue weighted by Gasteiger charge is -2.03. The van der Waals surface area contributed by atoms with E-state index in [4.69, 9.17) is 0 Å². The molecular weight excluding hydrogens is 184 g/mol. The van der Waals surface area contributed by atoms with Crippen molar-refractivity contribution in [3.05, 3.63) is 60.5 Å². The molecule has 0 radical (unpaired) electrons. The summed E-state index contributed by atoms with van der Waals surface area (Å²) in [7, 11) is 1.79. The smallest absolute Gasteiger partial charge is 0.125 e. The van der Waals surface area contributed by atoms with Crippen LogP contribution in [0.25, 0.3) is 0 Å². The number of nitrogens with zero attached hydrogens (tertiary/aromatic N) is 1. The molecule has 0 atom stereocenters. The summed E-state index contributed by atoms with van der Waals surface area (Å²) in [6.45, 7) is 13.0. The highest BCUT2D eigenvalue weighted by Crippen LogP contribution is 2.13. The lowest BCUT2D eigenvalue weighted by atomic mass is 10.1. The van der Waals surface area contributed by atoms with Gasteiger partial charge >= 0.3 is 0 Å². The van der Waals surface area contributed by atoms with Gasteiger partial charge in [0.2, 0.25) is 0 Å². The Bertz CT molecular complexity index is 330. The summed E-state index contributed by atoms with van der Waals surface area (Å²) in [5.41, 5.74) is 1.87. The van der Waals surface area contributed by atoms with Crippen LogP contribution in [0.5, 0.6) is 0 Å². The highest BCUT2D eigenvalue weighted by atomic mass is 15.0. The minimum atomic E-state index is 0.694. The van der Waals surface area contributed by atoms with Crippen LogP contribution in [0, 0.1) is 0 Å². The first-order valence-electron chi connectivity index (χ1n) is 4.70. The Hall–Kier alpha value is -1.83. The van der Waals surface area contributed by atoms with Gasteiger partial charge in [-0.15, -0.1) is 0 Å². The van der Waals surface area contributed by atoms with Crippen molar-refractivity contribution in [1.29, 1.82) is 0 Å². The molecule has 80 valence electrons. The second-order valence-corrected chi connectivity index (χ2v) is 2.82. The SMILES string of the molecule is C=C/C=C(\C=C/C)C(=C)/C=C(/N=C)NC. The Morgan fingerprint density at radius 3 is 2.47 bits per heavy atom. The Morgan fingerprint density at radius 2 is 2.07 bits per heavy atom. The van der Waals surface area contributed by atoms with Crippen LogP contribution < -0.4 is 5.32 Å². The average Bonchev–Trinajstić information content (AvgIpc) is 2.25. The molecule has 0 spiro atoms. The maximum atomic E-state index is 3.96. The quantitative estimate of drug-likeness (QED) is 0.519. The van der Waals surface area contributed by atoms with Crippen molar-refractivity contribution in [3.8, 4) is 0 Å². The van der Waals surface area contributed by atoms with Crippen LogP contribution in [0.4, 0.5) is 0 Å². The zero-order valence-corrected chi connectivity index (χ0v) is 9.46. The van der Waals surface area contributed by atoms with Gasteiger partial charge < -0.3 is 5.32 Å². The zero-order chi connectivity index (χ0) is 11.7. The lowest BCUT2D eigenvalue weighted by Crippen LogP contribution is -2.03. The first-order valence-corrected chi connectivity index (χ1v) is 4.70. The molecule has 0 aromatic rings. The average molecular weight is 202 g/mol. The van der Waals surface area contributed by atoms with Gasteiger partial charge in [-0.3, -0.25) is 0 Å². The first-order chi connectivity index (χ1) is 7.19. The fourth-order valence-corrected chi connectivity index (χ4v) is 1.02. The molecular formula is C13H18N2. The molecule has 0 unspecified atom stereocenters. The van der Waals surface area contributed by atoms with Gasteiger partial charge in [0.05, 0.1) is 0 Å². The van der Waals surface area contributed by atoms with Gasteiger partial charge in [-0.1, -0.05) is 37.5 Å². The lowest BCUT2D eigenvalue weighted by molar-refractivity contribution is 0.968. The van der Waals surface area contributed by atoms with Gasteiger partial charge in [-0.2, -0.15) is 0 Å². The van der Waals surface area contributed by atoms with Gasteiger partial charge in [0.15, 0.2) is 0 Å². The Labute approximate surface area is 92.1 Å². The third kappa shape index (κ3) is 4.81. The minimum absolute atomic E-state index is 0.694. The minimum Gasteiger partial charge on any atom is -0.373 e. The van der Waals surface area contributed by atoms with Gasteiger partial charge in [0, 0.05) is 7.05 Å². The molecule has 0 amide bonds. The van der Waals surface area contributed by atoms with E-state index >= 15 is 0 Å². The van der Waals surface area contributed by atoms with Crippen LogP contribution in [-0.4, -0.2) is 13.8 Å². The van der Waals surface area contributed by atoms with E-state index in [-0.39, 0.29) is 0 Å². The third-order valence-electron chi connectivity index (χ3n) is 1.75. The number of allylic oxidation sites excluding steroid dienone is 7. The van der Waals surface area contributed by atoms with Crippen molar-refractivity contribution < 1.29 is 0 Å². The molecule has 0 saturated heterocycles. The van der Waals surface area contributed by atoms with E-state index in [1.54, 1.807) is 13.1 Å². The van der Waals surface area contributed by atoms with Crippen LogP contribution in [0.2, 0.25) is 0 Å². The van der Waals surface area contributed by atoms with Crippen molar-refractivity contribution >= 4 is 6.72 Å². The fourth-order valence-electron chi connectivity index (χ4n) is 1.02. The Morgan fingerprint density at radius 1 is 1.40 bits per heavy atom. The maximum absolute atomic E-state index is 3.96. The number of nitrogens with one attached hydrogen (secondary N) is 1. The molecule has 0 rings (SSSR count). The molecule has 0 aliphatic heterocycles. The number of aliphatic imine (C=N–C) groups is 1. The molecule has 2 heteroatoms. The van der Waals surface area contributed by atoms with Crippen LogP contribution in [0.3, 0.4) is 0 Å². The van der Waals surface area contributed by atoms with Crippen LogP contribution in [0.1, 0.15) is 6.92 Å². The molecule has 15 heavy (non-hydrogen) atoms. The van der Waals surface area contributed by atoms with E-state index in [0.717, 1.165) is 11.1 Å². The highest BCUT2D eigenvalue weighted by Gasteiger charge is 1.96. The first kappa shape index (κ1) is 13.2. The molecule has 0 aromatic carbocycles. The summed E-state index contributed by atoms with van der Waals surface area (Å²) in [4.78, 5) is 3.81. The standard InChI is InChI=1S/C13H18N2/c1-6-8-12(9-7-2)11(3)10-13(14-4)15-5/h6-10,15H,1,3-4H2,2,5H3/b9-7-,12-8+,13-10-. The largest absolute Gasteiger partial charge is 0.373 e. The summed E-state index contributed by atoms with van der Waals surface area (Å²) < 4.78 is 0. The second kappa shape index (κ2) is 7.56. The van der Waals surface area contributed by atoms with Gasteiger partial charge in [-0.05, 0) is 30.9 Å². The van der Waals surface area contributed by atoms with Crippen molar-refractivity contribution in [2.45, 2.75) is 6.92 Å². The van der Waals surface area contributed by atoms with E-state index in [1.807, 2.05) is 31.2 Å². The fraction of sp³-hybridized carbons (Fsp3) is 0.154. The summed E-state index contributed by atoms with van der Waals surface area (Å²) in [5, 5.41) is 2.92. The molecule has 2 nitrogen and oxygen atoms in total. The molecule has 0 aliphatic carbocycles. The van der Waals surface area contributed by atoms with Crippen LogP contribution in [-0.2, 0) is 0 Å². The zero-order valence-electron chi connectivity index (χ0n) is 9.46. The molecule has 0 aliphatic rings. The van der Waals surface area contributed by atoms with Crippen molar-refractivity contribution in [3.63, 3.8) is 0 Å². The number of rotatable bonds is 6. The van der Waals surface area contributed by atoms with Gasteiger partial charge in [0.25, 0.3) is 0 Å². The molecule has 0 saturated carbocycles. The van der Waals surface area contributed by atoms with Gasteiger partial charge in [-0.25, -0.2) is 4.99 Å². The molecule has 0 fully saturated rings. The predicted octanol–water partition coefficient (Wildman–Crippen LogP) is 2.99. The van der Waals surface area contributed by atoms with E-state index in [0.29, 0.717) is 5.82 Å². The Kier molecular flexibility index (Phi) is 6.64. The normalized spacial score (nSPS) is 12.7. The molecule has 1 N–H and O–H groups in total. The van der Waals surface area contributed by atoms with Crippen molar-refractivity contribution in [1.82, 2.24) is 5.32 Å². The topological polar surface area (TPSA) is 24.4 Å². The van der Waals surface area contributed by atoms with Crippen LogP contribution >= 0.6 is 0 Å². The monoisotopic (exact) mass is 202 g/mol. The maximum Gasteiger partial charge on any atom is 0.125 e. The number of hydrogen-bond acceptors (Lipinski definition) is 2. The molecule has 0 heterocycles. The van der Waals surface area contributed by atoms with Crippen LogP contribution in [0.15, 0.2) is 65.5 Å². The van der Waals surface area contributed by atoms with Crippen molar-refractivity contribution in [2.75, 3.05) is 7.05 Å². The predicted molar refractivity (Wildman–Crippen MR) is 68.9 cm³/mol. The summed E-state index contributed by atoms with van der Waals surface area (Å²) >= 11 is 0. The van der Waals surface area contributed by atoms with E-state index in [1.165, 1.54) is 0 Å².